The number of carbonyl (C=O) groups excluding carboxylic acids is 9. The summed E-state index contributed by atoms with van der Waals surface area (Å²) in [6, 6.07) is 12.2. The van der Waals surface area contributed by atoms with E-state index in [1.54, 1.807) is 59.4 Å². The largest absolute Gasteiger partial charge is 0.445 e. The van der Waals surface area contributed by atoms with Crippen LogP contribution in [-0.2, 0) is 54.4 Å². The van der Waals surface area contributed by atoms with E-state index < -0.39 is 53.9 Å². The van der Waals surface area contributed by atoms with Crippen molar-refractivity contribution in [1.82, 2.24) is 46.2 Å². The second-order valence-electron chi connectivity index (χ2n) is 27.7. The number of carbonyl (C=O) groups is 9. The minimum absolute atomic E-state index is 0.0323. The summed E-state index contributed by atoms with van der Waals surface area (Å²) in [5.41, 5.74) is 6.49. The maximum Gasteiger partial charge on any atom is 0.410 e. The van der Waals surface area contributed by atoms with Crippen LogP contribution in [0.4, 0.5) is 15.3 Å². The van der Waals surface area contributed by atoms with Gasteiger partial charge in [-0.25, -0.2) is 9.59 Å². The molecule has 0 aromatic heterocycles. The summed E-state index contributed by atoms with van der Waals surface area (Å²) in [5.74, 6) is -2.43. The number of aliphatic hydroxyl groups is 1. The van der Waals surface area contributed by atoms with Gasteiger partial charge in [-0.05, 0) is 106 Å². The fourth-order valence-electron chi connectivity index (χ4n) is 13.3. The zero-order valence-corrected chi connectivity index (χ0v) is 59.8. The molecule has 2 fully saturated rings. The summed E-state index contributed by atoms with van der Waals surface area (Å²) in [5, 5.41) is 29.2. The molecule has 13 atom stereocenters. The number of likely N-dealkylation sites (tertiary alicyclic amines) is 2. The zero-order chi connectivity index (χ0) is 70.9. The van der Waals surface area contributed by atoms with Gasteiger partial charge in [0, 0.05) is 90.1 Å². The number of nitrogens with one attached hydrogen (secondary N) is 6. The third-order valence-corrected chi connectivity index (χ3v) is 19.4. The molecule has 534 valence electrons. The van der Waals surface area contributed by atoms with E-state index in [0.29, 0.717) is 87.9 Å². The van der Waals surface area contributed by atoms with Crippen molar-refractivity contribution in [2.75, 3.05) is 66.4 Å². The van der Waals surface area contributed by atoms with Crippen LogP contribution in [-0.4, -0.2) is 194 Å². The highest BCUT2D eigenvalue weighted by molar-refractivity contribution is 6.05. The summed E-state index contributed by atoms with van der Waals surface area (Å²) < 4.78 is 18.0. The zero-order valence-electron chi connectivity index (χ0n) is 59.8. The number of likely N-dealkylation sites (N-methyl/N-ethyl adjacent to an activating group) is 2. The minimum Gasteiger partial charge on any atom is -0.445 e. The number of aliphatic hydroxyl groups excluding tert-OH is 1. The predicted octanol–water partition coefficient (Wildman–Crippen LogP) is 7.27. The van der Waals surface area contributed by atoms with Gasteiger partial charge in [0.1, 0.15) is 12.6 Å². The normalized spacial score (nSPS) is 19.3. The van der Waals surface area contributed by atoms with Gasteiger partial charge in [-0.1, -0.05) is 131 Å². The molecule has 2 aliphatic rings. The van der Waals surface area contributed by atoms with Gasteiger partial charge in [-0.2, -0.15) is 0 Å². The van der Waals surface area contributed by atoms with Crippen LogP contribution in [0.1, 0.15) is 177 Å². The van der Waals surface area contributed by atoms with Crippen LogP contribution in [0.25, 0.3) is 0 Å². The number of hydrogen-bond acceptors (Lipinski definition) is 15. The first-order valence-corrected chi connectivity index (χ1v) is 34.5. The average Bonchev–Trinajstić information content (AvgIpc) is 1.69. The Hall–Kier alpha value is -6.73. The van der Waals surface area contributed by atoms with E-state index in [-0.39, 0.29) is 128 Å². The average molecular weight is 1330 g/mol. The van der Waals surface area contributed by atoms with E-state index in [4.69, 9.17) is 19.9 Å². The molecule has 0 bridgehead atoms. The minimum atomic E-state index is -0.906. The number of anilines is 1. The highest BCUT2D eigenvalue weighted by Gasteiger charge is 2.47. The molecule has 0 radical (unpaired) electrons. The summed E-state index contributed by atoms with van der Waals surface area (Å²) >= 11 is 0. The number of imide groups is 1. The first kappa shape index (κ1) is 80.7. The van der Waals surface area contributed by atoms with Crippen LogP contribution in [0, 0.1) is 35.0 Å². The van der Waals surface area contributed by atoms with Crippen molar-refractivity contribution in [2.24, 2.45) is 40.7 Å². The Bertz CT molecular complexity index is 2770. The van der Waals surface area contributed by atoms with E-state index in [1.165, 1.54) is 9.80 Å². The number of primary amides is 1. The molecule has 95 heavy (non-hydrogen) atoms. The van der Waals surface area contributed by atoms with Crippen molar-refractivity contribution in [3.05, 3.63) is 65.7 Å². The summed E-state index contributed by atoms with van der Waals surface area (Å²) in [7, 11) is 6.69. The molecule has 0 aliphatic carbocycles. The van der Waals surface area contributed by atoms with Crippen molar-refractivity contribution in [3.8, 4) is 0 Å². The van der Waals surface area contributed by atoms with Crippen LogP contribution >= 0.6 is 0 Å². The van der Waals surface area contributed by atoms with Crippen molar-refractivity contribution >= 4 is 59.2 Å². The Morgan fingerprint density at radius 1 is 0.789 bits per heavy atom. The van der Waals surface area contributed by atoms with Gasteiger partial charge in [-0.15, -0.1) is 0 Å². The first-order valence-electron chi connectivity index (χ1n) is 34.5. The van der Waals surface area contributed by atoms with E-state index in [2.05, 4.69) is 50.6 Å². The summed E-state index contributed by atoms with van der Waals surface area (Å²) in [6.45, 7) is 24.6. The van der Waals surface area contributed by atoms with Crippen LogP contribution in [0.15, 0.2) is 54.6 Å². The molecule has 4 rings (SSSR count). The second-order valence-corrected chi connectivity index (χ2v) is 27.7. The molecular weight excluding hydrogens is 1210 g/mol. The fourth-order valence-corrected chi connectivity index (χ4v) is 13.3. The molecule has 2 aromatic rings. The van der Waals surface area contributed by atoms with E-state index in [0.717, 1.165) is 12.8 Å². The third-order valence-electron chi connectivity index (χ3n) is 19.4. The van der Waals surface area contributed by atoms with Crippen molar-refractivity contribution in [1.29, 1.82) is 0 Å². The van der Waals surface area contributed by atoms with Gasteiger partial charge in [0.15, 0.2) is 0 Å². The maximum atomic E-state index is 14.5. The first-order chi connectivity index (χ1) is 44.9. The Kier molecular flexibility index (Phi) is 33.5. The van der Waals surface area contributed by atoms with Gasteiger partial charge in [-0.3, -0.25) is 48.3 Å². The summed E-state index contributed by atoms with van der Waals surface area (Å²) in [4.78, 5) is 127. The van der Waals surface area contributed by atoms with Crippen molar-refractivity contribution < 1.29 is 62.5 Å². The molecular formula is C71H117N11O13. The van der Waals surface area contributed by atoms with Crippen LogP contribution in [0.2, 0.25) is 0 Å². The Morgan fingerprint density at radius 2 is 1.46 bits per heavy atom. The molecule has 2 heterocycles. The lowest BCUT2D eigenvalue weighted by Gasteiger charge is -2.41. The molecule has 2 aliphatic heterocycles. The number of ether oxygens (including phenoxy) is 3. The van der Waals surface area contributed by atoms with Gasteiger partial charge in [0.2, 0.25) is 41.4 Å². The number of amides is 10. The standard InChI is InChI=1S/C71H117N11O13/c1-17-47(9)63(56(93-15)39-59(85)81-38-26-30-55(81)65(94-16)48(10)66(88)75-49(11)64(87)51-27-21-19-22-28-51)79(13)42-54(44(3)4)77-67(89)62(46(7)8)80(14)70(92)95-43-50-32-34-52(35-33-50)76-58(84)41-74-53(29-25-36-73-69(72)91)61(45(5)6)78-57(83)31-23-20-24-37-82-60(86)40-71(12,18-2)68(82)90/h19,21-22,27-28,32-35,44-49,53-56,61-65,74,87H,17-18,20,23-26,29-31,36-43H2,1-16H3,(H,75,88)(H,76,84)(H,77,89)(H,78,83)(H3,72,73,91)/t47-,48+,49+,53+,54+,55-,56+,61-,62?,63-,64+,65+,71?/m0/s1. The van der Waals surface area contributed by atoms with E-state index in [1.807, 2.05) is 97.7 Å². The number of urea groups is 1. The highest BCUT2D eigenvalue weighted by Crippen LogP contribution is 2.36. The number of nitrogens with zero attached hydrogens (tertiary/aromatic N) is 4. The molecule has 2 unspecified atom stereocenters. The van der Waals surface area contributed by atoms with E-state index >= 15 is 0 Å². The highest BCUT2D eigenvalue weighted by atomic mass is 16.6. The number of benzene rings is 2. The molecule has 10 amide bonds. The van der Waals surface area contributed by atoms with Crippen molar-refractivity contribution in [2.45, 2.75) is 227 Å². The SMILES string of the molecule is CC[C@H](C)[C@@H]([C@@H](CC(=O)N1CCC[C@H]1[C@H](OC)[C@@H](C)C(=O)N[C@H](C)[C@@H](O)c1ccccc1)OC)N(C)C[C@@H](NC(=O)C(C(C)C)N(C)C(=O)OCc1ccc(NC(=O)CN[C@H](CCCNC(N)=O)[C@@H](NC(=O)CCCCCN2C(=O)CC(C)(CC)C2=O)C(C)C)cc1)C(C)C. The van der Waals surface area contributed by atoms with E-state index in [9.17, 15) is 48.3 Å². The lowest BCUT2D eigenvalue weighted by Crippen LogP contribution is -2.58. The number of methoxy groups -OCH3 is 2. The van der Waals surface area contributed by atoms with Gasteiger partial charge < -0.3 is 61.9 Å². The second kappa shape index (κ2) is 39.5. The molecule has 2 saturated heterocycles. The molecule has 24 heteroatoms. The molecule has 2 aromatic carbocycles. The number of nitrogens with two attached hydrogens (primary N) is 1. The maximum absolute atomic E-state index is 14.5. The third kappa shape index (κ3) is 24.1. The van der Waals surface area contributed by atoms with Gasteiger partial charge in [0.25, 0.3) is 0 Å². The van der Waals surface area contributed by atoms with Crippen LogP contribution in [0.5, 0.6) is 0 Å². The predicted molar refractivity (Wildman–Crippen MR) is 367 cm³/mol. The molecule has 24 nitrogen and oxygen atoms in total. The lowest BCUT2D eigenvalue weighted by atomic mass is 9.86. The molecule has 9 N–H and O–H groups in total. The Balaban J connectivity index is 1.32. The number of unbranched alkanes of at least 4 members (excludes halogenated alkanes) is 2. The quantitative estimate of drug-likeness (QED) is 0.0240. The fraction of sp³-hybridized carbons (Fsp3) is 0.704. The van der Waals surface area contributed by atoms with Crippen LogP contribution < -0.4 is 37.6 Å². The Labute approximate surface area is 565 Å². The monoisotopic (exact) mass is 1330 g/mol. The molecule has 0 saturated carbocycles. The van der Waals surface area contributed by atoms with Crippen LogP contribution in [0.3, 0.4) is 0 Å². The van der Waals surface area contributed by atoms with Crippen molar-refractivity contribution in [3.63, 3.8) is 0 Å². The molecule has 0 spiro atoms. The Morgan fingerprint density at radius 3 is 2.04 bits per heavy atom. The smallest absolute Gasteiger partial charge is 0.410 e. The van der Waals surface area contributed by atoms with Gasteiger partial charge in [0.05, 0.1) is 54.7 Å². The number of hydrogen-bond donors (Lipinski definition) is 8. The lowest BCUT2D eigenvalue weighted by molar-refractivity contribution is -0.143. The number of rotatable bonds is 41. The topological polar surface area (TPSA) is 313 Å². The summed E-state index contributed by atoms with van der Waals surface area (Å²) in [6.07, 6.45) is 3.45. The van der Waals surface area contributed by atoms with Gasteiger partial charge >= 0.3 is 12.1 Å².